The number of carboxylic acids is 1. The summed E-state index contributed by atoms with van der Waals surface area (Å²) in [7, 11) is 0. The number of nitrogens with zero attached hydrogens (tertiary/aromatic N) is 1. The number of carboxylic acid groups (broad SMARTS) is 1. The van der Waals surface area contributed by atoms with Crippen LogP contribution in [0.1, 0.15) is 4.88 Å². The lowest BCUT2D eigenvalue weighted by molar-refractivity contribution is -0.150. The van der Waals surface area contributed by atoms with E-state index in [2.05, 4.69) is 10.1 Å². The first kappa shape index (κ1) is 18.3. The number of nitrogens with one attached hydrogen (secondary N) is 1. The minimum Gasteiger partial charge on any atom is -0.477 e. The van der Waals surface area contributed by atoms with Crippen molar-refractivity contribution in [2.24, 2.45) is 5.73 Å². The number of rotatable bonds is 6. The van der Waals surface area contributed by atoms with Crippen LogP contribution in [0, 0.1) is 0 Å². The highest BCUT2D eigenvalue weighted by Crippen LogP contribution is 2.40. The van der Waals surface area contributed by atoms with Crippen LogP contribution in [-0.4, -0.2) is 57.7 Å². The Hall–Kier alpha value is -2.53. The molecule has 0 aromatic carbocycles. The molecule has 2 aliphatic rings. The Bertz CT molecular complexity index is 791. The molecule has 0 aliphatic carbocycles. The molecule has 138 valence electrons. The third-order valence-corrected chi connectivity index (χ3v) is 6.09. The fraction of sp³-hybridized carbons (Fsp3) is 0.333. The summed E-state index contributed by atoms with van der Waals surface area (Å²) in [5, 5.41) is 13.5. The van der Waals surface area contributed by atoms with Crippen LogP contribution in [0.25, 0.3) is 0 Å². The topological polar surface area (TPSA) is 139 Å². The lowest BCUT2D eigenvalue weighted by Crippen LogP contribution is -2.70. The van der Waals surface area contributed by atoms with Gasteiger partial charge in [0.15, 0.2) is 0 Å². The van der Waals surface area contributed by atoms with Crippen LogP contribution in [0.2, 0.25) is 0 Å². The van der Waals surface area contributed by atoms with Gasteiger partial charge in [-0.3, -0.25) is 14.5 Å². The Kier molecular flexibility index (Phi) is 5.18. The number of thiophene rings is 1. The molecule has 3 rings (SSSR count). The minimum absolute atomic E-state index is 0.165. The second-order valence-corrected chi connectivity index (χ2v) is 7.71. The third kappa shape index (κ3) is 3.53. The second-order valence-electron chi connectivity index (χ2n) is 5.58. The maximum Gasteiger partial charge on any atom is 0.404 e. The van der Waals surface area contributed by atoms with Crippen molar-refractivity contribution in [1.29, 1.82) is 0 Å². The van der Waals surface area contributed by atoms with Crippen molar-refractivity contribution in [3.05, 3.63) is 33.7 Å². The maximum atomic E-state index is 12.4. The predicted molar refractivity (Wildman–Crippen MR) is 93.2 cm³/mol. The second kappa shape index (κ2) is 7.38. The summed E-state index contributed by atoms with van der Waals surface area (Å²) in [6.07, 6.45) is -0.860. The molecule has 2 atom stereocenters. The zero-order valence-electron chi connectivity index (χ0n) is 13.3. The SMILES string of the molecule is NC(=O)OCC1=C(C(=O)O)N2C(=O)C(NC(=O)Cc3cccs3)C2SC1. The van der Waals surface area contributed by atoms with Gasteiger partial charge in [0.2, 0.25) is 5.91 Å². The normalized spacial score (nSPS) is 21.7. The molecule has 2 aliphatic heterocycles. The summed E-state index contributed by atoms with van der Waals surface area (Å²) in [5.74, 6) is -1.85. The van der Waals surface area contributed by atoms with Gasteiger partial charge in [0.1, 0.15) is 23.7 Å². The number of fused-ring (bicyclic) bond motifs is 1. The standard InChI is InChI=1S/C15H15N3O6S2/c16-15(23)24-5-7-6-26-13-10(12(20)18(13)11(7)14(21)22)17-9(19)4-8-2-1-3-25-8/h1-3,10,13H,4-6H2,(H2,16,23)(H,17,19)(H,21,22). The first-order chi connectivity index (χ1) is 12.4. The number of β-lactam (4-membered cyclic amide) rings is 1. The summed E-state index contributed by atoms with van der Waals surface area (Å²) >= 11 is 2.74. The van der Waals surface area contributed by atoms with Gasteiger partial charge in [-0.25, -0.2) is 9.59 Å². The number of nitrogens with two attached hydrogens (primary N) is 1. The summed E-state index contributed by atoms with van der Waals surface area (Å²) in [4.78, 5) is 48.8. The van der Waals surface area contributed by atoms with E-state index < -0.39 is 29.4 Å². The van der Waals surface area contributed by atoms with Crippen molar-refractivity contribution in [2.45, 2.75) is 17.8 Å². The smallest absolute Gasteiger partial charge is 0.404 e. The molecule has 1 aromatic heterocycles. The van der Waals surface area contributed by atoms with E-state index in [9.17, 15) is 24.3 Å². The van der Waals surface area contributed by atoms with Crippen molar-refractivity contribution >= 4 is 47.0 Å². The first-order valence-corrected chi connectivity index (χ1v) is 9.45. The molecule has 1 aromatic rings. The third-order valence-electron chi connectivity index (χ3n) is 3.87. The Labute approximate surface area is 156 Å². The molecule has 1 fully saturated rings. The molecule has 0 bridgehead atoms. The van der Waals surface area contributed by atoms with E-state index in [4.69, 9.17) is 5.73 Å². The number of aliphatic carboxylic acids is 1. The first-order valence-electron chi connectivity index (χ1n) is 7.52. The number of primary amides is 1. The van der Waals surface area contributed by atoms with E-state index in [0.29, 0.717) is 0 Å². The molecule has 3 heterocycles. The van der Waals surface area contributed by atoms with E-state index in [1.54, 1.807) is 0 Å². The van der Waals surface area contributed by atoms with E-state index in [-0.39, 0.29) is 36.0 Å². The van der Waals surface area contributed by atoms with Gasteiger partial charge in [0, 0.05) is 16.2 Å². The lowest BCUT2D eigenvalue weighted by atomic mass is 10.0. The molecule has 9 nitrogen and oxygen atoms in total. The van der Waals surface area contributed by atoms with Crippen LogP contribution in [-0.2, 0) is 25.5 Å². The number of thioether (sulfide) groups is 1. The molecule has 1 saturated heterocycles. The number of carbonyl (C=O) groups is 4. The van der Waals surface area contributed by atoms with E-state index >= 15 is 0 Å². The van der Waals surface area contributed by atoms with Crippen LogP contribution >= 0.6 is 23.1 Å². The van der Waals surface area contributed by atoms with Crippen LogP contribution in [0.3, 0.4) is 0 Å². The van der Waals surface area contributed by atoms with Crippen LogP contribution < -0.4 is 11.1 Å². The Morgan fingerprint density at radius 1 is 1.42 bits per heavy atom. The van der Waals surface area contributed by atoms with Crippen LogP contribution in [0.4, 0.5) is 4.79 Å². The highest BCUT2D eigenvalue weighted by molar-refractivity contribution is 8.00. The zero-order chi connectivity index (χ0) is 18.8. The van der Waals surface area contributed by atoms with E-state index in [1.807, 2.05) is 17.5 Å². The van der Waals surface area contributed by atoms with Crippen molar-refractivity contribution < 1.29 is 29.0 Å². The van der Waals surface area contributed by atoms with Crippen molar-refractivity contribution in [3.63, 3.8) is 0 Å². The van der Waals surface area contributed by atoms with Gasteiger partial charge >= 0.3 is 12.1 Å². The number of hydrogen-bond donors (Lipinski definition) is 3. The summed E-state index contributed by atoms with van der Waals surface area (Å²) in [5.41, 5.74) is 4.97. The average Bonchev–Trinajstić information content (AvgIpc) is 3.09. The predicted octanol–water partition coefficient (Wildman–Crippen LogP) is 0.125. The quantitative estimate of drug-likeness (QED) is 0.580. The Morgan fingerprint density at radius 2 is 2.19 bits per heavy atom. The van der Waals surface area contributed by atoms with Crippen molar-refractivity contribution in [2.75, 3.05) is 12.4 Å². The molecule has 26 heavy (non-hydrogen) atoms. The van der Waals surface area contributed by atoms with Gasteiger partial charge in [-0.1, -0.05) is 6.07 Å². The Balaban J connectivity index is 1.69. The molecule has 0 saturated carbocycles. The van der Waals surface area contributed by atoms with Crippen LogP contribution in [0.5, 0.6) is 0 Å². The molecule has 3 amide bonds. The van der Waals surface area contributed by atoms with E-state index in [0.717, 1.165) is 9.78 Å². The van der Waals surface area contributed by atoms with E-state index in [1.165, 1.54) is 23.1 Å². The summed E-state index contributed by atoms with van der Waals surface area (Å²) in [6, 6.07) is 2.88. The van der Waals surface area contributed by atoms with Gasteiger partial charge in [-0.05, 0) is 11.4 Å². The highest BCUT2D eigenvalue weighted by atomic mass is 32.2. The highest BCUT2D eigenvalue weighted by Gasteiger charge is 2.54. The van der Waals surface area contributed by atoms with Gasteiger partial charge in [0.25, 0.3) is 5.91 Å². The van der Waals surface area contributed by atoms with Crippen molar-refractivity contribution in [3.8, 4) is 0 Å². The average molecular weight is 397 g/mol. The summed E-state index contributed by atoms with van der Waals surface area (Å²) < 4.78 is 4.65. The number of ether oxygens (including phenoxy) is 1. The number of amides is 3. The fourth-order valence-corrected chi connectivity index (χ4v) is 4.78. The van der Waals surface area contributed by atoms with Gasteiger partial charge in [-0.15, -0.1) is 23.1 Å². The monoisotopic (exact) mass is 397 g/mol. The van der Waals surface area contributed by atoms with Crippen LogP contribution in [0.15, 0.2) is 28.8 Å². The maximum absolute atomic E-state index is 12.4. The molecule has 11 heteroatoms. The molecular formula is C15H15N3O6S2. The zero-order valence-corrected chi connectivity index (χ0v) is 15.0. The fourth-order valence-electron chi connectivity index (χ4n) is 2.75. The van der Waals surface area contributed by atoms with Gasteiger partial charge in [0.05, 0.1) is 6.42 Å². The minimum atomic E-state index is -1.30. The van der Waals surface area contributed by atoms with Crippen molar-refractivity contribution in [1.82, 2.24) is 10.2 Å². The number of hydrogen-bond acceptors (Lipinski definition) is 7. The van der Waals surface area contributed by atoms with Gasteiger partial charge in [-0.2, -0.15) is 0 Å². The number of carbonyl (C=O) groups excluding carboxylic acids is 3. The Morgan fingerprint density at radius 3 is 2.81 bits per heavy atom. The largest absolute Gasteiger partial charge is 0.477 e. The molecular weight excluding hydrogens is 382 g/mol. The summed E-state index contributed by atoms with van der Waals surface area (Å²) in [6.45, 7) is -0.296. The molecule has 0 radical (unpaired) electrons. The molecule has 2 unspecified atom stereocenters. The molecule has 0 spiro atoms. The van der Waals surface area contributed by atoms with Gasteiger partial charge < -0.3 is 20.9 Å². The molecule has 4 N–H and O–H groups in total. The lowest BCUT2D eigenvalue weighted by Gasteiger charge is -2.49.